The van der Waals surface area contributed by atoms with E-state index in [0.717, 1.165) is 5.75 Å². The van der Waals surface area contributed by atoms with Gasteiger partial charge in [-0.1, -0.05) is 6.07 Å². The topological polar surface area (TPSA) is 85.6 Å². The van der Waals surface area contributed by atoms with Gasteiger partial charge >= 0.3 is 0 Å². The minimum absolute atomic E-state index is 0.0272. The molecule has 1 saturated heterocycles. The number of hydrogen-bond donors (Lipinski definition) is 0. The third-order valence-corrected chi connectivity index (χ3v) is 4.32. The number of pyridine rings is 1. The zero-order valence-corrected chi connectivity index (χ0v) is 13.9. The van der Waals surface area contributed by atoms with E-state index in [2.05, 4.69) is 4.98 Å². The Hall–Kier alpha value is -2.96. The molecule has 1 aliphatic rings. The second-order valence-electron chi connectivity index (χ2n) is 6.06. The number of nitro groups is 1. The molecular formula is C18H19N3O4. The predicted octanol–water partition coefficient (Wildman–Crippen LogP) is 2.98. The molecule has 0 N–H and O–H groups in total. The number of benzene rings is 1. The summed E-state index contributed by atoms with van der Waals surface area (Å²) in [6.45, 7) is 2.78. The first kappa shape index (κ1) is 16.9. The molecule has 1 aromatic carbocycles. The summed E-state index contributed by atoms with van der Waals surface area (Å²) >= 11 is 0. The summed E-state index contributed by atoms with van der Waals surface area (Å²) in [6, 6.07) is 8.29. The van der Waals surface area contributed by atoms with Crippen LogP contribution < -0.4 is 4.74 Å². The highest BCUT2D eigenvalue weighted by Gasteiger charge is 2.26. The van der Waals surface area contributed by atoms with Crippen LogP contribution in [0.4, 0.5) is 5.69 Å². The van der Waals surface area contributed by atoms with E-state index < -0.39 is 4.92 Å². The van der Waals surface area contributed by atoms with Crippen LogP contribution >= 0.6 is 0 Å². The lowest BCUT2D eigenvalue weighted by Gasteiger charge is -2.32. The first-order valence-electron chi connectivity index (χ1n) is 8.15. The largest absolute Gasteiger partial charge is 0.489 e. The molecule has 0 radical (unpaired) electrons. The van der Waals surface area contributed by atoms with E-state index in [-0.39, 0.29) is 17.7 Å². The standard InChI is InChI=1S/C18H19N3O4/c1-13-4-5-14(11-17(13)21(23)24)18(22)20-9-6-15(7-10-20)25-16-3-2-8-19-12-16/h2-5,8,11-12,15H,6-7,9-10H2,1H3. The van der Waals surface area contributed by atoms with Crippen molar-refractivity contribution in [2.75, 3.05) is 13.1 Å². The lowest BCUT2D eigenvalue weighted by molar-refractivity contribution is -0.385. The van der Waals surface area contributed by atoms with E-state index >= 15 is 0 Å². The minimum Gasteiger partial charge on any atom is -0.489 e. The van der Waals surface area contributed by atoms with E-state index in [9.17, 15) is 14.9 Å². The van der Waals surface area contributed by atoms with Crippen LogP contribution in [0.2, 0.25) is 0 Å². The summed E-state index contributed by atoms with van der Waals surface area (Å²) in [7, 11) is 0. The number of nitro benzene ring substituents is 1. The molecule has 0 atom stereocenters. The predicted molar refractivity (Wildman–Crippen MR) is 91.6 cm³/mol. The second kappa shape index (κ2) is 7.29. The monoisotopic (exact) mass is 341 g/mol. The maximum absolute atomic E-state index is 12.6. The zero-order valence-electron chi connectivity index (χ0n) is 13.9. The molecule has 0 saturated carbocycles. The summed E-state index contributed by atoms with van der Waals surface area (Å²) in [5.74, 6) is 0.546. The molecule has 1 amide bonds. The number of carbonyl (C=O) groups is 1. The van der Waals surface area contributed by atoms with E-state index in [1.807, 2.05) is 12.1 Å². The first-order valence-corrected chi connectivity index (χ1v) is 8.15. The number of ether oxygens (including phenoxy) is 1. The van der Waals surface area contributed by atoms with E-state index in [0.29, 0.717) is 37.1 Å². The molecule has 3 rings (SSSR count). The average Bonchev–Trinajstić information content (AvgIpc) is 2.63. The lowest BCUT2D eigenvalue weighted by atomic mass is 10.0. The number of likely N-dealkylation sites (tertiary alicyclic amines) is 1. The van der Waals surface area contributed by atoms with Crippen molar-refractivity contribution < 1.29 is 14.5 Å². The first-order chi connectivity index (χ1) is 12.0. The SMILES string of the molecule is Cc1ccc(C(=O)N2CCC(Oc3cccnc3)CC2)cc1[N+](=O)[O-]. The highest BCUT2D eigenvalue weighted by Crippen LogP contribution is 2.23. The molecule has 0 aliphatic carbocycles. The van der Waals surface area contributed by atoms with Gasteiger partial charge in [-0.15, -0.1) is 0 Å². The molecule has 1 fully saturated rings. The van der Waals surface area contributed by atoms with Gasteiger partial charge in [0.15, 0.2) is 0 Å². The van der Waals surface area contributed by atoms with Gasteiger partial charge < -0.3 is 9.64 Å². The Kier molecular flexibility index (Phi) is 4.92. The molecule has 130 valence electrons. The van der Waals surface area contributed by atoms with Crippen LogP contribution in [0.25, 0.3) is 0 Å². The molecule has 7 heteroatoms. The Morgan fingerprint density at radius 1 is 1.32 bits per heavy atom. The number of nitrogens with zero attached hydrogens (tertiary/aromatic N) is 3. The highest BCUT2D eigenvalue weighted by molar-refractivity contribution is 5.95. The molecule has 2 heterocycles. The maximum atomic E-state index is 12.6. The number of rotatable bonds is 4. The van der Waals surface area contributed by atoms with Crippen LogP contribution in [0, 0.1) is 17.0 Å². The number of aromatic nitrogens is 1. The Labute approximate surface area is 145 Å². The highest BCUT2D eigenvalue weighted by atomic mass is 16.6. The van der Waals surface area contributed by atoms with Gasteiger partial charge in [-0.05, 0) is 25.1 Å². The molecular weight excluding hydrogens is 322 g/mol. The molecule has 7 nitrogen and oxygen atoms in total. The molecule has 0 bridgehead atoms. The normalized spacial score (nSPS) is 15.0. The fourth-order valence-corrected chi connectivity index (χ4v) is 2.91. The Morgan fingerprint density at radius 3 is 2.72 bits per heavy atom. The summed E-state index contributed by atoms with van der Waals surface area (Å²) < 4.78 is 5.87. The Bertz CT molecular complexity index is 771. The number of carbonyl (C=O) groups excluding carboxylic acids is 1. The van der Waals surface area contributed by atoms with Gasteiger partial charge in [-0.25, -0.2) is 0 Å². The fraction of sp³-hybridized carbons (Fsp3) is 0.333. The van der Waals surface area contributed by atoms with Crippen molar-refractivity contribution in [1.82, 2.24) is 9.88 Å². The second-order valence-corrected chi connectivity index (χ2v) is 6.06. The maximum Gasteiger partial charge on any atom is 0.273 e. The van der Waals surface area contributed by atoms with Gasteiger partial charge in [-0.2, -0.15) is 0 Å². The van der Waals surface area contributed by atoms with Crippen molar-refractivity contribution >= 4 is 11.6 Å². The number of aryl methyl sites for hydroxylation is 1. The summed E-state index contributed by atoms with van der Waals surface area (Å²) in [4.78, 5) is 28.9. The third-order valence-electron chi connectivity index (χ3n) is 4.32. The van der Waals surface area contributed by atoms with Crippen molar-refractivity contribution in [3.63, 3.8) is 0 Å². The summed E-state index contributed by atoms with van der Waals surface area (Å²) in [6.07, 6.45) is 4.83. The van der Waals surface area contributed by atoms with Crippen LogP contribution in [0.1, 0.15) is 28.8 Å². The minimum atomic E-state index is -0.458. The van der Waals surface area contributed by atoms with Crippen LogP contribution in [-0.2, 0) is 0 Å². The van der Waals surface area contributed by atoms with Gasteiger partial charge in [0.05, 0.1) is 11.1 Å². The van der Waals surface area contributed by atoms with E-state index in [1.54, 1.807) is 36.4 Å². The fourth-order valence-electron chi connectivity index (χ4n) is 2.91. The quantitative estimate of drug-likeness (QED) is 0.630. The van der Waals surface area contributed by atoms with Gasteiger partial charge in [-0.3, -0.25) is 19.9 Å². The van der Waals surface area contributed by atoms with Gasteiger partial charge in [0, 0.05) is 49.3 Å². The summed E-state index contributed by atoms with van der Waals surface area (Å²) in [5.41, 5.74) is 0.870. The van der Waals surface area contributed by atoms with E-state index in [1.165, 1.54) is 6.07 Å². The van der Waals surface area contributed by atoms with Crippen LogP contribution in [0.5, 0.6) is 5.75 Å². The van der Waals surface area contributed by atoms with Crippen LogP contribution in [0.15, 0.2) is 42.7 Å². The van der Waals surface area contributed by atoms with Crippen LogP contribution in [0.3, 0.4) is 0 Å². The van der Waals surface area contributed by atoms with Crippen molar-refractivity contribution in [3.05, 3.63) is 64.0 Å². The Balaban J connectivity index is 1.62. The Morgan fingerprint density at radius 2 is 2.08 bits per heavy atom. The lowest BCUT2D eigenvalue weighted by Crippen LogP contribution is -2.41. The van der Waals surface area contributed by atoms with Crippen molar-refractivity contribution in [2.45, 2.75) is 25.9 Å². The molecule has 1 aliphatic heterocycles. The number of hydrogen-bond acceptors (Lipinski definition) is 5. The third kappa shape index (κ3) is 3.93. The van der Waals surface area contributed by atoms with Gasteiger partial charge in [0.2, 0.25) is 0 Å². The number of piperidine rings is 1. The van der Waals surface area contributed by atoms with Gasteiger partial charge in [0.1, 0.15) is 11.9 Å². The average molecular weight is 341 g/mol. The summed E-state index contributed by atoms with van der Waals surface area (Å²) in [5, 5.41) is 11.0. The zero-order chi connectivity index (χ0) is 17.8. The van der Waals surface area contributed by atoms with Gasteiger partial charge in [0.25, 0.3) is 11.6 Å². The van der Waals surface area contributed by atoms with Crippen molar-refractivity contribution in [2.24, 2.45) is 0 Å². The van der Waals surface area contributed by atoms with Crippen molar-refractivity contribution in [1.29, 1.82) is 0 Å². The van der Waals surface area contributed by atoms with Crippen molar-refractivity contribution in [3.8, 4) is 5.75 Å². The molecule has 0 spiro atoms. The molecule has 1 aromatic heterocycles. The smallest absolute Gasteiger partial charge is 0.273 e. The molecule has 25 heavy (non-hydrogen) atoms. The molecule has 2 aromatic rings. The number of amides is 1. The van der Waals surface area contributed by atoms with E-state index in [4.69, 9.17) is 4.74 Å². The van der Waals surface area contributed by atoms with Crippen LogP contribution in [-0.4, -0.2) is 39.9 Å². The molecule has 0 unspecified atom stereocenters.